The van der Waals surface area contributed by atoms with Gasteiger partial charge in [-0.1, -0.05) is 13.3 Å². The molecule has 1 aromatic heterocycles. The minimum absolute atomic E-state index is 0.111. The van der Waals surface area contributed by atoms with Gasteiger partial charge in [-0.2, -0.15) is 17.4 Å². The number of rotatable bonds is 6. The summed E-state index contributed by atoms with van der Waals surface area (Å²) in [5, 5.41) is 9.31. The van der Waals surface area contributed by atoms with Crippen molar-refractivity contribution in [1.82, 2.24) is 9.03 Å². The first kappa shape index (κ1) is 15.9. The summed E-state index contributed by atoms with van der Waals surface area (Å²) in [5.41, 5.74) is 0. The number of nitrogens with one attached hydrogen (secondary N) is 1. The predicted octanol–water partition coefficient (Wildman–Crippen LogP) is 1.49. The van der Waals surface area contributed by atoms with Crippen molar-refractivity contribution in [2.75, 3.05) is 13.2 Å². The van der Waals surface area contributed by atoms with E-state index in [0.717, 1.165) is 30.6 Å². The largest absolute Gasteiger partial charge is 0.395 e. The van der Waals surface area contributed by atoms with Crippen LogP contribution in [-0.4, -0.2) is 37.0 Å². The maximum atomic E-state index is 12.3. The highest BCUT2D eigenvalue weighted by molar-refractivity contribution is 7.87. The van der Waals surface area contributed by atoms with E-state index >= 15 is 0 Å². The third kappa shape index (κ3) is 3.79. The minimum Gasteiger partial charge on any atom is -0.395 e. The zero-order chi connectivity index (χ0) is 14.6. The summed E-state index contributed by atoms with van der Waals surface area (Å²) in [6, 6.07) is 3.72. The van der Waals surface area contributed by atoms with Crippen LogP contribution in [0.4, 0.5) is 0 Å². The highest BCUT2D eigenvalue weighted by Crippen LogP contribution is 2.21. The Balaban J connectivity index is 1.99. The van der Waals surface area contributed by atoms with Crippen molar-refractivity contribution < 1.29 is 13.5 Å². The number of nitrogens with zero attached hydrogens (tertiary/aromatic N) is 1. The Morgan fingerprint density at radius 3 is 2.80 bits per heavy atom. The van der Waals surface area contributed by atoms with Crippen molar-refractivity contribution in [3.63, 3.8) is 0 Å². The molecule has 5 nitrogen and oxygen atoms in total. The maximum Gasteiger partial charge on any atom is 0.280 e. The number of hydrogen-bond donors (Lipinski definition) is 2. The number of thiophene rings is 1. The molecule has 20 heavy (non-hydrogen) atoms. The van der Waals surface area contributed by atoms with E-state index in [0.29, 0.717) is 13.1 Å². The van der Waals surface area contributed by atoms with Crippen LogP contribution in [-0.2, 0) is 23.2 Å². The summed E-state index contributed by atoms with van der Waals surface area (Å²) < 4.78 is 28.7. The van der Waals surface area contributed by atoms with Gasteiger partial charge in [0.2, 0.25) is 0 Å². The summed E-state index contributed by atoms with van der Waals surface area (Å²) in [5.74, 6) is 0. The highest BCUT2D eigenvalue weighted by atomic mass is 32.2. The molecule has 0 radical (unpaired) electrons. The molecule has 1 atom stereocenters. The van der Waals surface area contributed by atoms with Gasteiger partial charge in [0.1, 0.15) is 0 Å². The second kappa shape index (κ2) is 7.00. The van der Waals surface area contributed by atoms with E-state index < -0.39 is 10.2 Å². The first-order chi connectivity index (χ1) is 9.56. The lowest BCUT2D eigenvalue weighted by Gasteiger charge is -2.33. The number of aliphatic hydroxyl groups excluding tert-OH is 1. The van der Waals surface area contributed by atoms with Crippen LogP contribution in [0.5, 0.6) is 0 Å². The standard InChI is InChI=1S/C13H22N2O3S2/c1-2-12-6-7-13(19-12)9-14-20(17,18)15-8-4-3-5-11(15)10-16/h6-7,11,14,16H,2-5,8-10H2,1H3. The molecule has 0 amide bonds. The normalized spacial score (nSPS) is 21.2. The second-order valence-electron chi connectivity index (χ2n) is 4.99. The lowest BCUT2D eigenvalue weighted by Crippen LogP contribution is -2.50. The van der Waals surface area contributed by atoms with Crippen LogP contribution in [0.2, 0.25) is 0 Å². The van der Waals surface area contributed by atoms with Crippen LogP contribution in [0, 0.1) is 0 Å². The topological polar surface area (TPSA) is 69.6 Å². The van der Waals surface area contributed by atoms with Crippen molar-refractivity contribution in [2.45, 2.75) is 45.2 Å². The number of aliphatic hydroxyl groups is 1. The van der Waals surface area contributed by atoms with Gasteiger partial charge in [-0.25, -0.2) is 0 Å². The molecule has 0 aromatic carbocycles. The third-order valence-corrected chi connectivity index (χ3v) is 6.42. The molecule has 2 N–H and O–H groups in total. The zero-order valence-electron chi connectivity index (χ0n) is 11.7. The van der Waals surface area contributed by atoms with Crippen molar-refractivity contribution in [1.29, 1.82) is 0 Å². The molecule has 1 unspecified atom stereocenters. The number of hydrogen-bond acceptors (Lipinski definition) is 4. The van der Waals surface area contributed by atoms with Crippen molar-refractivity contribution in [3.05, 3.63) is 21.9 Å². The highest BCUT2D eigenvalue weighted by Gasteiger charge is 2.31. The average Bonchev–Trinajstić information content (AvgIpc) is 2.93. The Bertz CT molecular complexity index is 527. The van der Waals surface area contributed by atoms with E-state index in [1.54, 1.807) is 11.3 Å². The summed E-state index contributed by atoms with van der Waals surface area (Å²) in [6.07, 6.45) is 3.53. The minimum atomic E-state index is -3.51. The van der Waals surface area contributed by atoms with Crippen molar-refractivity contribution in [2.24, 2.45) is 0 Å². The monoisotopic (exact) mass is 318 g/mol. The van der Waals surface area contributed by atoms with E-state index in [2.05, 4.69) is 11.6 Å². The first-order valence-electron chi connectivity index (χ1n) is 7.01. The van der Waals surface area contributed by atoms with Crippen LogP contribution < -0.4 is 4.72 Å². The molecule has 2 rings (SSSR count). The second-order valence-corrected chi connectivity index (χ2v) is 7.95. The fourth-order valence-corrected chi connectivity index (χ4v) is 4.85. The Morgan fingerprint density at radius 2 is 2.15 bits per heavy atom. The summed E-state index contributed by atoms with van der Waals surface area (Å²) >= 11 is 1.63. The zero-order valence-corrected chi connectivity index (χ0v) is 13.3. The third-order valence-electron chi connectivity index (χ3n) is 3.59. The van der Waals surface area contributed by atoms with Crippen LogP contribution in [0.15, 0.2) is 12.1 Å². The molecule has 1 fully saturated rings. The molecular formula is C13H22N2O3S2. The van der Waals surface area contributed by atoms with E-state index in [4.69, 9.17) is 0 Å². The lowest BCUT2D eigenvalue weighted by molar-refractivity contribution is 0.154. The quantitative estimate of drug-likeness (QED) is 0.835. The molecule has 114 valence electrons. The Labute approximate surface area is 124 Å². The Morgan fingerprint density at radius 1 is 1.40 bits per heavy atom. The van der Waals surface area contributed by atoms with E-state index in [1.165, 1.54) is 9.18 Å². The molecule has 0 aliphatic carbocycles. The van der Waals surface area contributed by atoms with Crippen molar-refractivity contribution in [3.8, 4) is 0 Å². The molecule has 1 aliphatic heterocycles. The number of aryl methyl sites for hydroxylation is 1. The van der Waals surface area contributed by atoms with Gasteiger partial charge < -0.3 is 5.11 Å². The van der Waals surface area contributed by atoms with Gasteiger partial charge >= 0.3 is 0 Å². The van der Waals surface area contributed by atoms with Gasteiger partial charge in [0, 0.05) is 28.9 Å². The van der Waals surface area contributed by atoms with Crippen LogP contribution in [0.25, 0.3) is 0 Å². The molecule has 0 bridgehead atoms. The molecule has 1 aromatic rings. The molecule has 1 aliphatic rings. The number of piperidine rings is 1. The summed E-state index contributed by atoms with van der Waals surface area (Å²) in [7, 11) is -3.51. The predicted molar refractivity (Wildman–Crippen MR) is 80.9 cm³/mol. The van der Waals surface area contributed by atoms with Gasteiger partial charge in [-0.3, -0.25) is 0 Å². The Kier molecular flexibility index (Phi) is 5.57. The molecule has 1 saturated heterocycles. The first-order valence-corrected chi connectivity index (χ1v) is 9.27. The molecule has 0 saturated carbocycles. The van der Waals surface area contributed by atoms with Gasteiger partial charge in [0.05, 0.1) is 6.61 Å². The lowest BCUT2D eigenvalue weighted by atomic mass is 10.1. The Hall–Kier alpha value is -0.470. The van der Waals surface area contributed by atoms with Crippen LogP contribution in [0.3, 0.4) is 0 Å². The van der Waals surface area contributed by atoms with Crippen LogP contribution in [0.1, 0.15) is 35.9 Å². The van der Waals surface area contributed by atoms with Gasteiger partial charge in [0.15, 0.2) is 0 Å². The smallest absolute Gasteiger partial charge is 0.280 e. The summed E-state index contributed by atoms with van der Waals surface area (Å²) in [6.45, 7) is 2.78. The fourth-order valence-electron chi connectivity index (χ4n) is 2.43. The summed E-state index contributed by atoms with van der Waals surface area (Å²) in [4.78, 5) is 2.27. The average molecular weight is 318 g/mol. The van der Waals surface area contributed by atoms with Gasteiger partial charge in [-0.05, 0) is 31.4 Å². The fraction of sp³-hybridized carbons (Fsp3) is 0.692. The molecule has 2 heterocycles. The van der Waals surface area contributed by atoms with E-state index in [1.807, 2.05) is 12.1 Å². The molecule has 0 spiro atoms. The van der Waals surface area contributed by atoms with Gasteiger partial charge in [0.25, 0.3) is 10.2 Å². The molecule has 7 heteroatoms. The van der Waals surface area contributed by atoms with E-state index in [9.17, 15) is 13.5 Å². The van der Waals surface area contributed by atoms with Crippen LogP contribution >= 0.6 is 11.3 Å². The molecular weight excluding hydrogens is 296 g/mol. The van der Waals surface area contributed by atoms with E-state index in [-0.39, 0.29) is 12.6 Å². The van der Waals surface area contributed by atoms with Crippen molar-refractivity contribution >= 4 is 21.5 Å². The maximum absolute atomic E-state index is 12.3. The van der Waals surface area contributed by atoms with Gasteiger partial charge in [-0.15, -0.1) is 11.3 Å². The SMILES string of the molecule is CCc1ccc(CNS(=O)(=O)N2CCCCC2CO)s1.